The molecular weight excluding hydrogens is 269 g/mol. The van der Waals surface area contributed by atoms with Crippen LogP contribution in [0.25, 0.3) is 0 Å². The highest BCUT2D eigenvalue weighted by atomic mass is 35.5. The van der Waals surface area contributed by atoms with Gasteiger partial charge in [-0.05, 0) is 18.6 Å². The Balaban J connectivity index is 2.27. The number of ether oxygens (including phenoxy) is 1. The summed E-state index contributed by atoms with van der Waals surface area (Å²) in [7, 11) is 0. The van der Waals surface area contributed by atoms with Crippen LogP contribution >= 0.6 is 23.2 Å². The predicted octanol–water partition coefficient (Wildman–Crippen LogP) is 5.31. The minimum Gasteiger partial charge on any atom is -0.490 e. The highest BCUT2D eigenvalue weighted by Crippen LogP contribution is 2.35. The van der Waals surface area contributed by atoms with E-state index in [-0.39, 0.29) is 0 Å². The molecule has 0 unspecified atom stereocenters. The maximum absolute atomic E-state index is 6.03. The molecule has 0 atom stereocenters. The van der Waals surface area contributed by atoms with Crippen LogP contribution in [0.1, 0.15) is 45.4 Å². The van der Waals surface area contributed by atoms with Crippen molar-refractivity contribution < 1.29 is 4.74 Å². The van der Waals surface area contributed by atoms with Crippen molar-refractivity contribution in [2.45, 2.75) is 45.4 Å². The number of hydrogen-bond donors (Lipinski definition) is 1. The van der Waals surface area contributed by atoms with E-state index >= 15 is 0 Å². The summed E-state index contributed by atoms with van der Waals surface area (Å²) >= 11 is 12.1. The Morgan fingerprint density at radius 2 is 1.56 bits per heavy atom. The Labute approximate surface area is 119 Å². The summed E-state index contributed by atoms with van der Waals surface area (Å²) in [6.45, 7) is 2.86. The third-order valence-electron chi connectivity index (χ3n) is 2.76. The fraction of sp³-hybridized carbons (Fsp3) is 0.571. The van der Waals surface area contributed by atoms with Crippen LogP contribution in [0.2, 0.25) is 10.0 Å². The topological polar surface area (TPSA) is 35.2 Å². The van der Waals surface area contributed by atoms with E-state index in [0.717, 1.165) is 6.42 Å². The maximum atomic E-state index is 6.03. The fourth-order valence-electron chi connectivity index (χ4n) is 1.77. The molecule has 0 aliphatic heterocycles. The van der Waals surface area contributed by atoms with Crippen LogP contribution in [0.4, 0.5) is 5.69 Å². The first-order valence-corrected chi connectivity index (χ1v) is 7.28. The summed E-state index contributed by atoms with van der Waals surface area (Å²) in [5.41, 5.74) is 6.18. The van der Waals surface area contributed by atoms with Gasteiger partial charge in [-0.3, -0.25) is 0 Å². The van der Waals surface area contributed by atoms with Crippen molar-refractivity contribution in [1.82, 2.24) is 0 Å². The zero-order valence-electron chi connectivity index (χ0n) is 10.8. The number of unbranched alkanes of at least 4 members (excludes halogenated alkanes) is 5. The SMILES string of the molecule is CCCCCCCCOc1c(Cl)cc(N)cc1Cl. The Morgan fingerprint density at radius 3 is 2.17 bits per heavy atom. The molecule has 1 aromatic rings. The third-order valence-corrected chi connectivity index (χ3v) is 3.33. The normalized spacial score (nSPS) is 10.6. The molecule has 4 heteroatoms. The van der Waals surface area contributed by atoms with E-state index in [4.69, 9.17) is 33.7 Å². The molecule has 2 nitrogen and oxygen atoms in total. The molecule has 0 aliphatic rings. The van der Waals surface area contributed by atoms with Crippen LogP contribution in [-0.2, 0) is 0 Å². The molecule has 0 bridgehead atoms. The molecule has 0 aliphatic carbocycles. The first kappa shape index (κ1) is 15.5. The standard InChI is InChI=1S/C14H21Cl2NO/c1-2-3-4-5-6-7-8-18-14-12(15)9-11(17)10-13(14)16/h9-10H,2-8,17H2,1H3. The summed E-state index contributed by atoms with van der Waals surface area (Å²) in [6, 6.07) is 3.31. The summed E-state index contributed by atoms with van der Waals surface area (Å²) in [6.07, 6.45) is 7.37. The fourth-order valence-corrected chi connectivity index (χ4v) is 2.39. The van der Waals surface area contributed by atoms with Crippen molar-refractivity contribution in [1.29, 1.82) is 0 Å². The molecule has 0 saturated heterocycles. The molecule has 0 amide bonds. The van der Waals surface area contributed by atoms with Crippen LogP contribution in [0.15, 0.2) is 12.1 Å². The molecule has 1 rings (SSSR count). The van der Waals surface area contributed by atoms with Gasteiger partial charge in [0.05, 0.1) is 16.7 Å². The van der Waals surface area contributed by atoms with Gasteiger partial charge in [0.25, 0.3) is 0 Å². The lowest BCUT2D eigenvalue weighted by molar-refractivity contribution is 0.305. The Hall–Kier alpha value is -0.600. The molecule has 0 radical (unpaired) electrons. The molecule has 102 valence electrons. The number of benzene rings is 1. The van der Waals surface area contributed by atoms with E-state index < -0.39 is 0 Å². The third kappa shape index (κ3) is 5.36. The average molecular weight is 290 g/mol. The van der Waals surface area contributed by atoms with Crippen molar-refractivity contribution in [3.63, 3.8) is 0 Å². The number of nitrogens with two attached hydrogens (primary N) is 1. The van der Waals surface area contributed by atoms with Crippen LogP contribution in [0, 0.1) is 0 Å². The van der Waals surface area contributed by atoms with E-state index in [0.29, 0.717) is 28.1 Å². The van der Waals surface area contributed by atoms with Gasteiger partial charge in [-0.25, -0.2) is 0 Å². The quantitative estimate of drug-likeness (QED) is 0.520. The number of anilines is 1. The van der Waals surface area contributed by atoms with Gasteiger partial charge >= 0.3 is 0 Å². The highest BCUT2D eigenvalue weighted by molar-refractivity contribution is 6.37. The van der Waals surface area contributed by atoms with Crippen molar-refractivity contribution in [3.8, 4) is 5.75 Å². The Kier molecular flexibility index (Phi) is 7.29. The van der Waals surface area contributed by atoms with E-state index in [2.05, 4.69) is 6.92 Å². The van der Waals surface area contributed by atoms with Gasteiger partial charge in [0.15, 0.2) is 5.75 Å². The molecule has 1 aromatic carbocycles. The van der Waals surface area contributed by atoms with Crippen molar-refractivity contribution >= 4 is 28.9 Å². The van der Waals surface area contributed by atoms with Crippen molar-refractivity contribution in [3.05, 3.63) is 22.2 Å². The first-order chi connectivity index (χ1) is 8.65. The number of nitrogen functional groups attached to an aromatic ring is 1. The molecule has 2 N–H and O–H groups in total. The zero-order chi connectivity index (χ0) is 13.4. The van der Waals surface area contributed by atoms with Gasteiger partial charge < -0.3 is 10.5 Å². The van der Waals surface area contributed by atoms with Crippen LogP contribution in [-0.4, -0.2) is 6.61 Å². The van der Waals surface area contributed by atoms with E-state index in [9.17, 15) is 0 Å². The lowest BCUT2D eigenvalue weighted by Crippen LogP contribution is -1.99. The molecule has 0 fully saturated rings. The van der Waals surface area contributed by atoms with Gasteiger partial charge in [0, 0.05) is 5.69 Å². The maximum Gasteiger partial charge on any atom is 0.156 e. The molecule has 0 heterocycles. The van der Waals surface area contributed by atoms with Crippen molar-refractivity contribution in [2.24, 2.45) is 0 Å². The monoisotopic (exact) mass is 289 g/mol. The summed E-state index contributed by atoms with van der Waals surface area (Å²) < 4.78 is 5.61. The highest BCUT2D eigenvalue weighted by Gasteiger charge is 2.08. The zero-order valence-corrected chi connectivity index (χ0v) is 12.4. The largest absolute Gasteiger partial charge is 0.490 e. The minimum atomic E-state index is 0.478. The molecule has 0 spiro atoms. The lowest BCUT2D eigenvalue weighted by Gasteiger charge is -2.10. The Bertz CT molecular complexity index is 346. The van der Waals surface area contributed by atoms with Gasteiger partial charge in [-0.15, -0.1) is 0 Å². The average Bonchev–Trinajstić information content (AvgIpc) is 2.30. The predicted molar refractivity (Wildman–Crippen MR) is 79.7 cm³/mol. The van der Waals surface area contributed by atoms with E-state index in [1.54, 1.807) is 12.1 Å². The summed E-state index contributed by atoms with van der Waals surface area (Å²) in [5.74, 6) is 0.543. The second kappa shape index (κ2) is 8.49. The van der Waals surface area contributed by atoms with Gasteiger partial charge in [-0.1, -0.05) is 62.2 Å². The van der Waals surface area contributed by atoms with Crippen LogP contribution in [0.5, 0.6) is 5.75 Å². The summed E-state index contributed by atoms with van der Waals surface area (Å²) in [4.78, 5) is 0. The van der Waals surface area contributed by atoms with Gasteiger partial charge in [-0.2, -0.15) is 0 Å². The minimum absolute atomic E-state index is 0.478. The number of rotatable bonds is 8. The van der Waals surface area contributed by atoms with Crippen LogP contribution < -0.4 is 10.5 Å². The van der Waals surface area contributed by atoms with E-state index in [1.807, 2.05) is 0 Å². The number of hydrogen-bond acceptors (Lipinski definition) is 2. The lowest BCUT2D eigenvalue weighted by atomic mass is 10.1. The molecule has 18 heavy (non-hydrogen) atoms. The van der Waals surface area contributed by atoms with Crippen molar-refractivity contribution in [2.75, 3.05) is 12.3 Å². The summed E-state index contributed by atoms with van der Waals surface area (Å²) in [5, 5.41) is 0.956. The smallest absolute Gasteiger partial charge is 0.156 e. The van der Waals surface area contributed by atoms with Gasteiger partial charge in [0.2, 0.25) is 0 Å². The number of halogens is 2. The first-order valence-electron chi connectivity index (χ1n) is 6.52. The second-order valence-electron chi connectivity index (χ2n) is 4.43. The van der Waals surface area contributed by atoms with Gasteiger partial charge in [0.1, 0.15) is 0 Å². The van der Waals surface area contributed by atoms with Crippen LogP contribution in [0.3, 0.4) is 0 Å². The molecule has 0 saturated carbocycles. The van der Waals surface area contributed by atoms with E-state index in [1.165, 1.54) is 32.1 Å². The Morgan fingerprint density at radius 1 is 1.00 bits per heavy atom. The second-order valence-corrected chi connectivity index (χ2v) is 5.24. The molecule has 0 aromatic heterocycles. The molecular formula is C14H21Cl2NO.